The van der Waals surface area contributed by atoms with Crippen molar-refractivity contribution in [3.05, 3.63) is 65.2 Å². The molecule has 0 heterocycles. The molecule has 0 bridgehead atoms. The molecule has 2 rings (SSSR count). The Labute approximate surface area is 114 Å². The number of hydrogen-bond acceptors (Lipinski definition) is 2. The Balaban J connectivity index is 1.93. The molecule has 2 aromatic rings. The van der Waals surface area contributed by atoms with E-state index in [-0.39, 0.29) is 5.78 Å². The van der Waals surface area contributed by atoms with Gasteiger partial charge in [-0.15, -0.1) is 0 Å². The molecule has 0 aliphatic carbocycles. The Morgan fingerprint density at radius 2 is 1.84 bits per heavy atom. The molecule has 0 fully saturated rings. The highest BCUT2D eigenvalue weighted by Crippen LogP contribution is 2.17. The van der Waals surface area contributed by atoms with E-state index in [2.05, 4.69) is 12.1 Å². The maximum absolute atomic E-state index is 12.1. The zero-order valence-electron chi connectivity index (χ0n) is 11.2. The topological polar surface area (TPSA) is 43.1 Å². The summed E-state index contributed by atoms with van der Waals surface area (Å²) in [7, 11) is 0. The minimum absolute atomic E-state index is 0.136. The van der Waals surface area contributed by atoms with E-state index in [0.29, 0.717) is 17.7 Å². The second kappa shape index (κ2) is 6.19. The van der Waals surface area contributed by atoms with Crippen LogP contribution in [0, 0.1) is 6.92 Å². The van der Waals surface area contributed by atoms with E-state index in [0.717, 1.165) is 18.4 Å². The van der Waals surface area contributed by atoms with Crippen molar-refractivity contribution in [1.82, 2.24) is 0 Å². The molecule has 19 heavy (non-hydrogen) atoms. The third-order valence-corrected chi connectivity index (χ3v) is 3.22. The summed E-state index contributed by atoms with van der Waals surface area (Å²) >= 11 is 0. The van der Waals surface area contributed by atoms with Crippen molar-refractivity contribution in [1.29, 1.82) is 0 Å². The minimum atomic E-state index is 0.136. The van der Waals surface area contributed by atoms with Crippen LogP contribution in [0.4, 0.5) is 5.69 Å². The number of ketones is 1. The summed E-state index contributed by atoms with van der Waals surface area (Å²) in [6.07, 6.45) is 2.33. The molecule has 0 unspecified atom stereocenters. The van der Waals surface area contributed by atoms with Crippen molar-refractivity contribution in [2.75, 3.05) is 5.73 Å². The molecule has 0 aromatic heterocycles. The van der Waals surface area contributed by atoms with Gasteiger partial charge in [0.05, 0.1) is 0 Å². The first-order valence-electron chi connectivity index (χ1n) is 6.60. The van der Waals surface area contributed by atoms with Crippen LogP contribution in [0.2, 0.25) is 0 Å². The van der Waals surface area contributed by atoms with Gasteiger partial charge in [0.1, 0.15) is 0 Å². The molecule has 0 radical (unpaired) electrons. The molecule has 0 aliphatic heterocycles. The number of rotatable bonds is 5. The monoisotopic (exact) mass is 253 g/mol. The fourth-order valence-corrected chi connectivity index (χ4v) is 2.14. The molecule has 0 saturated carbocycles. The zero-order valence-corrected chi connectivity index (χ0v) is 11.2. The van der Waals surface area contributed by atoms with Gasteiger partial charge in [-0.3, -0.25) is 4.79 Å². The molecule has 2 N–H and O–H groups in total. The van der Waals surface area contributed by atoms with Crippen molar-refractivity contribution in [3.63, 3.8) is 0 Å². The standard InChI is InChI=1S/C17H19NO/c1-13-10-11-16(18)15(12-13)17(19)9-5-8-14-6-3-2-4-7-14/h2-4,6-7,10-12H,5,8-9,18H2,1H3. The number of Topliss-reactive ketones (excluding diaryl/α,β-unsaturated/α-hetero) is 1. The van der Waals surface area contributed by atoms with Gasteiger partial charge in [0.25, 0.3) is 0 Å². The molecular formula is C17H19NO. The fourth-order valence-electron chi connectivity index (χ4n) is 2.14. The molecule has 0 aliphatic rings. The Kier molecular flexibility index (Phi) is 4.35. The molecule has 0 atom stereocenters. The molecule has 0 spiro atoms. The van der Waals surface area contributed by atoms with Crippen LogP contribution in [-0.4, -0.2) is 5.78 Å². The molecule has 0 saturated heterocycles. The summed E-state index contributed by atoms with van der Waals surface area (Å²) in [5, 5.41) is 0. The molecule has 98 valence electrons. The van der Waals surface area contributed by atoms with Gasteiger partial charge < -0.3 is 5.73 Å². The molecular weight excluding hydrogens is 234 g/mol. The largest absolute Gasteiger partial charge is 0.398 e. The lowest BCUT2D eigenvalue weighted by Gasteiger charge is -2.06. The predicted octanol–water partition coefficient (Wildman–Crippen LogP) is 3.78. The highest BCUT2D eigenvalue weighted by atomic mass is 16.1. The highest BCUT2D eigenvalue weighted by Gasteiger charge is 2.09. The minimum Gasteiger partial charge on any atom is -0.398 e. The van der Waals surface area contributed by atoms with Crippen LogP contribution in [0.25, 0.3) is 0 Å². The summed E-state index contributed by atoms with van der Waals surface area (Å²) in [6.45, 7) is 1.97. The lowest BCUT2D eigenvalue weighted by molar-refractivity contribution is 0.0981. The maximum Gasteiger partial charge on any atom is 0.164 e. The third kappa shape index (κ3) is 3.68. The van der Waals surface area contributed by atoms with Crippen LogP contribution < -0.4 is 5.73 Å². The van der Waals surface area contributed by atoms with Gasteiger partial charge in [0.15, 0.2) is 5.78 Å². The summed E-state index contributed by atoms with van der Waals surface area (Å²) < 4.78 is 0. The smallest absolute Gasteiger partial charge is 0.164 e. The van der Waals surface area contributed by atoms with Crippen molar-refractivity contribution < 1.29 is 4.79 Å². The number of benzene rings is 2. The normalized spacial score (nSPS) is 10.4. The maximum atomic E-state index is 12.1. The highest BCUT2D eigenvalue weighted by molar-refractivity contribution is 6.00. The quantitative estimate of drug-likeness (QED) is 0.651. The Hall–Kier alpha value is -2.09. The van der Waals surface area contributed by atoms with E-state index in [1.54, 1.807) is 6.07 Å². The average Bonchev–Trinajstić information content (AvgIpc) is 2.42. The number of carbonyl (C=O) groups excluding carboxylic acids is 1. The van der Waals surface area contributed by atoms with Crippen molar-refractivity contribution in [2.24, 2.45) is 0 Å². The number of carbonyl (C=O) groups is 1. The lowest BCUT2D eigenvalue weighted by atomic mass is 10.00. The summed E-state index contributed by atoms with van der Waals surface area (Å²) in [4.78, 5) is 12.1. The summed E-state index contributed by atoms with van der Waals surface area (Å²) in [5.41, 5.74) is 9.43. The van der Waals surface area contributed by atoms with Crippen LogP contribution in [0.15, 0.2) is 48.5 Å². The lowest BCUT2D eigenvalue weighted by Crippen LogP contribution is -2.04. The average molecular weight is 253 g/mol. The Morgan fingerprint density at radius 3 is 2.58 bits per heavy atom. The van der Waals surface area contributed by atoms with Crippen LogP contribution in [-0.2, 0) is 6.42 Å². The van der Waals surface area contributed by atoms with E-state index < -0.39 is 0 Å². The van der Waals surface area contributed by atoms with Gasteiger partial charge in [-0.2, -0.15) is 0 Å². The first-order chi connectivity index (χ1) is 9.16. The van der Waals surface area contributed by atoms with E-state index in [1.807, 2.05) is 37.3 Å². The first kappa shape index (κ1) is 13.3. The second-order valence-electron chi connectivity index (χ2n) is 4.85. The van der Waals surface area contributed by atoms with Crippen LogP contribution in [0.1, 0.15) is 34.3 Å². The fraction of sp³-hybridized carbons (Fsp3) is 0.235. The first-order valence-corrected chi connectivity index (χ1v) is 6.60. The van der Waals surface area contributed by atoms with Crippen molar-refractivity contribution >= 4 is 11.5 Å². The van der Waals surface area contributed by atoms with Crippen molar-refractivity contribution in [3.8, 4) is 0 Å². The van der Waals surface area contributed by atoms with Crippen molar-refractivity contribution in [2.45, 2.75) is 26.2 Å². The van der Waals surface area contributed by atoms with Crippen LogP contribution in [0.5, 0.6) is 0 Å². The van der Waals surface area contributed by atoms with E-state index in [4.69, 9.17) is 5.73 Å². The third-order valence-electron chi connectivity index (χ3n) is 3.22. The number of nitrogen functional groups attached to an aromatic ring is 1. The SMILES string of the molecule is Cc1ccc(N)c(C(=O)CCCc2ccccc2)c1. The van der Waals surface area contributed by atoms with Crippen LogP contribution >= 0.6 is 0 Å². The van der Waals surface area contributed by atoms with Gasteiger partial charge in [0.2, 0.25) is 0 Å². The van der Waals surface area contributed by atoms with Crippen LogP contribution in [0.3, 0.4) is 0 Å². The summed E-state index contributed by atoms with van der Waals surface area (Å²) in [5.74, 6) is 0.136. The number of hydrogen-bond donors (Lipinski definition) is 1. The molecule has 2 nitrogen and oxygen atoms in total. The molecule has 2 aromatic carbocycles. The van der Waals surface area contributed by atoms with E-state index in [9.17, 15) is 4.79 Å². The summed E-state index contributed by atoms with van der Waals surface area (Å²) in [6, 6.07) is 15.8. The van der Waals surface area contributed by atoms with E-state index >= 15 is 0 Å². The Bertz CT molecular complexity index is 561. The zero-order chi connectivity index (χ0) is 13.7. The number of aryl methyl sites for hydroxylation is 2. The molecule has 2 heteroatoms. The second-order valence-corrected chi connectivity index (χ2v) is 4.85. The van der Waals surface area contributed by atoms with Gasteiger partial charge >= 0.3 is 0 Å². The number of anilines is 1. The van der Waals surface area contributed by atoms with Gasteiger partial charge in [-0.1, -0.05) is 42.0 Å². The van der Waals surface area contributed by atoms with E-state index in [1.165, 1.54) is 5.56 Å². The number of nitrogens with two attached hydrogens (primary N) is 1. The van der Waals surface area contributed by atoms with Gasteiger partial charge in [-0.25, -0.2) is 0 Å². The van der Waals surface area contributed by atoms with Gasteiger partial charge in [-0.05, 0) is 37.5 Å². The van der Waals surface area contributed by atoms with Gasteiger partial charge in [0, 0.05) is 17.7 Å². The Morgan fingerprint density at radius 1 is 1.11 bits per heavy atom. The predicted molar refractivity (Wildman–Crippen MR) is 79.3 cm³/mol. The molecule has 0 amide bonds.